The molecule has 1 saturated heterocycles. The molecule has 0 unspecified atom stereocenters. The minimum absolute atomic E-state index is 0.0326. The van der Waals surface area contributed by atoms with Gasteiger partial charge in [0.05, 0.1) is 13.2 Å². The number of fused-ring (bicyclic) bond motifs is 1. The Bertz CT molecular complexity index is 1350. The molecule has 1 fully saturated rings. The molecule has 0 bridgehead atoms. The Morgan fingerprint density at radius 2 is 1.73 bits per heavy atom. The van der Waals surface area contributed by atoms with Crippen LogP contribution in [0, 0.1) is 5.92 Å². The normalized spacial score (nSPS) is 16.3. The topological polar surface area (TPSA) is 140 Å². The molecule has 0 spiro atoms. The Hall–Kier alpha value is -3.96. The van der Waals surface area contributed by atoms with Crippen molar-refractivity contribution in [2.75, 3.05) is 33.4 Å². The fraction of sp³-hybridized carbons (Fsp3) is 0.529. The zero-order valence-electron chi connectivity index (χ0n) is 26.8. The molecule has 3 amide bonds. The minimum Gasteiger partial charge on any atom is -0.489 e. The number of benzene rings is 2. The number of nitrogens with one attached hydrogen (secondary N) is 1. The second kappa shape index (κ2) is 15.4. The number of likely N-dealkylation sites (tertiary alicyclic amines) is 1. The summed E-state index contributed by atoms with van der Waals surface area (Å²) in [7, 11) is 1.62. The average molecular weight is 623 g/mol. The van der Waals surface area contributed by atoms with E-state index in [4.69, 9.17) is 19.9 Å². The molecule has 11 heteroatoms. The molecule has 45 heavy (non-hydrogen) atoms. The van der Waals surface area contributed by atoms with E-state index in [0.29, 0.717) is 36.6 Å². The summed E-state index contributed by atoms with van der Waals surface area (Å²) >= 11 is 0. The van der Waals surface area contributed by atoms with Crippen molar-refractivity contribution in [1.82, 2.24) is 15.1 Å². The summed E-state index contributed by atoms with van der Waals surface area (Å²) in [6.45, 7) is 9.42. The van der Waals surface area contributed by atoms with Crippen molar-refractivity contribution in [3.05, 3.63) is 64.7 Å². The third-order valence-electron chi connectivity index (χ3n) is 8.09. The number of rotatable bonds is 14. The number of ether oxygens (including phenoxy) is 3. The first-order chi connectivity index (χ1) is 21.4. The fourth-order valence-corrected chi connectivity index (χ4v) is 5.75. The van der Waals surface area contributed by atoms with E-state index in [2.05, 4.69) is 22.3 Å². The number of carbonyl (C=O) groups is 4. The maximum atomic E-state index is 13.3. The van der Waals surface area contributed by atoms with Crippen molar-refractivity contribution in [3.63, 3.8) is 0 Å². The number of carbonyl (C=O) groups excluding carboxylic acids is 4. The summed E-state index contributed by atoms with van der Waals surface area (Å²) in [5, 5.41) is 2.94. The summed E-state index contributed by atoms with van der Waals surface area (Å²) in [6.07, 6.45) is 1.73. The number of primary amides is 1. The van der Waals surface area contributed by atoms with Gasteiger partial charge in [0, 0.05) is 43.7 Å². The smallest absolute Gasteiger partial charge is 0.306 e. The summed E-state index contributed by atoms with van der Waals surface area (Å²) in [5.41, 5.74) is 8.35. The quantitative estimate of drug-likeness (QED) is 0.242. The van der Waals surface area contributed by atoms with Crippen molar-refractivity contribution in [3.8, 4) is 5.75 Å². The first-order valence-corrected chi connectivity index (χ1v) is 15.6. The van der Waals surface area contributed by atoms with E-state index in [1.54, 1.807) is 40.0 Å². The molecule has 1 atom stereocenters. The van der Waals surface area contributed by atoms with Crippen LogP contribution in [0.5, 0.6) is 5.75 Å². The minimum atomic E-state index is -0.943. The standard InChI is InChI=1S/C34H46N4O7/c1-34(2,3)45-30(39)13-12-28(31(35)40)38-21-27-26(33(38)42)6-5-7-29(27)44-22-24-10-8-23(9-11-24)20-37-17-14-25(15-18-37)32(41)36-16-19-43-4/h5-11,25,28H,12-22H2,1-4H3,(H2,35,40)(H,36,41)/t28-/m0/s1. The Labute approximate surface area is 265 Å². The third-order valence-corrected chi connectivity index (χ3v) is 8.09. The molecule has 11 nitrogen and oxygen atoms in total. The van der Waals surface area contributed by atoms with Crippen LogP contribution in [-0.2, 0) is 43.6 Å². The number of nitrogens with two attached hydrogens (primary N) is 1. The van der Waals surface area contributed by atoms with Gasteiger partial charge in [-0.15, -0.1) is 0 Å². The van der Waals surface area contributed by atoms with E-state index < -0.39 is 23.5 Å². The summed E-state index contributed by atoms with van der Waals surface area (Å²) < 4.78 is 16.5. The largest absolute Gasteiger partial charge is 0.489 e. The van der Waals surface area contributed by atoms with E-state index in [1.807, 2.05) is 18.2 Å². The summed E-state index contributed by atoms with van der Waals surface area (Å²) in [5.74, 6) is -0.701. The Morgan fingerprint density at radius 3 is 2.38 bits per heavy atom. The highest BCUT2D eigenvalue weighted by molar-refractivity contribution is 6.01. The number of esters is 1. The number of hydrogen-bond acceptors (Lipinski definition) is 8. The molecule has 0 saturated carbocycles. The van der Waals surface area contributed by atoms with Gasteiger partial charge < -0.3 is 30.2 Å². The molecule has 2 aromatic carbocycles. The Morgan fingerprint density at radius 1 is 1.04 bits per heavy atom. The van der Waals surface area contributed by atoms with Gasteiger partial charge in [0.15, 0.2) is 0 Å². The predicted octanol–water partition coefficient (Wildman–Crippen LogP) is 3.17. The lowest BCUT2D eigenvalue weighted by Gasteiger charge is -2.31. The SMILES string of the molecule is COCCNC(=O)C1CCN(Cc2ccc(COc3cccc4c3CN([C@@H](CCC(=O)OC(C)(C)C)C(N)=O)C4=O)cc2)CC1. The zero-order valence-corrected chi connectivity index (χ0v) is 26.8. The van der Waals surface area contributed by atoms with Crippen LogP contribution in [0.1, 0.15) is 73.5 Å². The molecule has 0 radical (unpaired) electrons. The molecule has 4 rings (SSSR count). The highest BCUT2D eigenvalue weighted by atomic mass is 16.6. The van der Waals surface area contributed by atoms with Gasteiger partial charge >= 0.3 is 5.97 Å². The summed E-state index contributed by atoms with van der Waals surface area (Å²) in [4.78, 5) is 54.0. The molecule has 2 heterocycles. The molecule has 2 aliphatic heterocycles. The number of amides is 3. The molecular formula is C34H46N4O7. The lowest BCUT2D eigenvalue weighted by atomic mass is 9.95. The lowest BCUT2D eigenvalue weighted by molar-refractivity contribution is -0.155. The number of methoxy groups -OCH3 is 1. The molecule has 0 aliphatic carbocycles. The van der Waals surface area contributed by atoms with Crippen molar-refractivity contribution in [2.24, 2.45) is 11.7 Å². The molecule has 2 aliphatic rings. The highest BCUT2D eigenvalue weighted by Gasteiger charge is 2.37. The molecule has 0 aromatic heterocycles. The zero-order chi connectivity index (χ0) is 32.6. The Kier molecular flexibility index (Phi) is 11.6. The van der Waals surface area contributed by atoms with Gasteiger partial charge in [-0.25, -0.2) is 0 Å². The maximum absolute atomic E-state index is 13.3. The second-order valence-corrected chi connectivity index (χ2v) is 12.7. The van der Waals surface area contributed by atoms with Gasteiger partial charge in [-0.05, 0) is 76.4 Å². The van der Waals surface area contributed by atoms with Gasteiger partial charge in [0.1, 0.15) is 24.0 Å². The van der Waals surface area contributed by atoms with E-state index in [9.17, 15) is 19.2 Å². The van der Waals surface area contributed by atoms with Gasteiger partial charge in [0.2, 0.25) is 11.8 Å². The monoisotopic (exact) mass is 622 g/mol. The molecule has 2 aromatic rings. The Balaban J connectivity index is 1.29. The third kappa shape index (κ3) is 9.51. The van der Waals surface area contributed by atoms with Crippen molar-refractivity contribution < 1.29 is 33.4 Å². The predicted molar refractivity (Wildman–Crippen MR) is 168 cm³/mol. The van der Waals surface area contributed by atoms with Crippen LogP contribution in [0.15, 0.2) is 42.5 Å². The van der Waals surface area contributed by atoms with Crippen LogP contribution in [-0.4, -0.2) is 78.5 Å². The fourth-order valence-electron chi connectivity index (χ4n) is 5.75. The highest BCUT2D eigenvalue weighted by Crippen LogP contribution is 2.33. The first kappa shape index (κ1) is 33.9. The van der Waals surface area contributed by atoms with Gasteiger partial charge in [-0.2, -0.15) is 0 Å². The maximum Gasteiger partial charge on any atom is 0.306 e. The van der Waals surface area contributed by atoms with Gasteiger partial charge in [0.25, 0.3) is 5.91 Å². The second-order valence-electron chi connectivity index (χ2n) is 12.7. The van der Waals surface area contributed by atoms with Crippen LogP contribution < -0.4 is 15.8 Å². The van der Waals surface area contributed by atoms with Crippen LogP contribution in [0.4, 0.5) is 0 Å². The number of nitrogens with zero attached hydrogens (tertiary/aromatic N) is 2. The van der Waals surface area contributed by atoms with E-state index in [1.165, 1.54) is 10.5 Å². The van der Waals surface area contributed by atoms with E-state index in [-0.39, 0.29) is 37.1 Å². The summed E-state index contributed by atoms with van der Waals surface area (Å²) in [6, 6.07) is 12.6. The van der Waals surface area contributed by atoms with Crippen molar-refractivity contribution in [1.29, 1.82) is 0 Å². The first-order valence-electron chi connectivity index (χ1n) is 15.6. The van der Waals surface area contributed by atoms with E-state index in [0.717, 1.165) is 38.0 Å². The van der Waals surface area contributed by atoms with Crippen molar-refractivity contribution >= 4 is 23.7 Å². The molecule has 3 N–H and O–H groups in total. The number of piperidine rings is 1. The van der Waals surface area contributed by atoms with Crippen molar-refractivity contribution in [2.45, 2.75) is 77.8 Å². The van der Waals surface area contributed by atoms with Crippen LogP contribution in [0.3, 0.4) is 0 Å². The van der Waals surface area contributed by atoms with Crippen LogP contribution >= 0.6 is 0 Å². The van der Waals surface area contributed by atoms with Crippen LogP contribution in [0.2, 0.25) is 0 Å². The lowest BCUT2D eigenvalue weighted by Crippen LogP contribution is -2.45. The molecule has 244 valence electrons. The number of hydrogen-bond donors (Lipinski definition) is 2. The van der Waals surface area contributed by atoms with Crippen LogP contribution in [0.25, 0.3) is 0 Å². The average Bonchev–Trinajstić information content (AvgIpc) is 3.32. The van der Waals surface area contributed by atoms with Gasteiger partial charge in [-0.1, -0.05) is 30.3 Å². The molecular weight excluding hydrogens is 576 g/mol. The van der Waals surface area contributed by atoms with Gasteiger partial charge in [-0.3, -0.25) is 24.1 Å². The van der Waals surface area contributed by atoms with E-state index >= 15 is 0 Å².